The third-order valence-corrected chi connectivity index (χ3v) is 2.95. The van der Waals surface area contributed by atoms with Crippen molar-refractivity contribution in [3.63, 3.8) is 0 Å². The second-order valence-corrected chi connectivity index (χ2v) is 5.75. The Bertz CT molecular complexity index is 363. The summed E-state index contributed by atoms with van der Waals surface area (Å²) >= 11 is 3.50. The van der Waals surface area contributed by atoms with E-state index in [0.717, 1.165) is 16.6 Å². The number of rotatable bonds is 5. The molecule has 1 rings (SSSR count). The van der Waals surface area contributed by atoms with Gasteiger partial charge in [-0.1, -0.05) is 15.9 Å². The van der Waals surface area contributed by atoms with Gasteiger partial charge in [0.05, 0.1) is 0 Å². The lowest BCUT2D eigenvalue weighted by Gasteiger charge is -2.21. The van der Waals surface area contributed by atoms with Crippen molar-refractivity contribution in [3.05, 3.63) is 28.2 Å². The van der Waals surface area contributed by atoms with Crippen LogP contribution in [0.3, 0.4) is 0 Å². The molecule has 1 N–H and O–H groups in total. The molecule has 0 fully saturated rings. The summed E-state index contributed by atoms with van der Waals surface area (Å²) < 4.78 is 18.3. The molecule has 1 aromatic rings. The van der Waals surface area contributed by atoms with Crippen LogP contribution in [0.2, 0.25) is 0 Å². The van der Waals surface area contributed by atoms with E-state index in [0.29, 0.717) is 5.75 Å². The Kier molecular flexibility index (Phi) is 5.40. The summed E-state index contributed by atoms with van der Waals surface area (Å²) in [5.41, 5.74) is 1.17. The molecule has 1 aromatic carbocycles. The van der Waals surface area contributed by atoms with Crippen molar-refractivity contribution in [2.45, 2.75) is 32.9 Å². The summed E-state index contributed by atoms with van der Waals surface area (Å²) in [6.07, 6.45) is 0. The van der Waals surface area contributed by atoms with Crippen LogP contribution < -0.4 is 10.1 Å². The van der Waals surface area contributed by atoms with Crippen LogP contribution in [0.1, 0.15) is 26.3 Å². The average molecular weight is 304 g/mol. The van der Waals surface area contributed by atoms with Crippen molar-refractivity contribution in [3.8, 4) is 5.75 Å². The minimum Gasteiger partial charge on any atom is -0.491 e. The second-order valence-electron chi connectivity index (χ2n) is 4.89. The number of alkyl halides is 1. The fraction of sp³-hybridized carbons (Fsp3) is 0.538. The summed E-state index contributed by atoms with van der Waals surface area (Å²) in [5, 5.41) is 3.40. The van der Waals surface area contributed by atoms with Crippen molar-refractivity contribution in [2.24, 2.45) is 0 Å². The Labute approximate surface area is 111 Å². The predicted molar refractivity (Wildman–Crippen MR) is 72.2 cm³/mol. The average Bonchev–Trinajstić information content (AvgIpc) is 2.25. The van der Waals surface area contributed by atoms with Crippen LogP contribution >= 0.6 is 15.9 Å². The second kappa shape index (κ2) is 6.36. The third kappa shape index (κ3) is 5.50. The van der Waals surface area contributed by atoms with Gasteiger partial charge in [-0.25, -0.2) is 4.39 Å². The number of benzene rings is 1. The predicted octanol–water partition coefficient (Wildman–Crippen LogP) is 3.69. The molecule has 4 heteroatoms. The molecule has 0 spiro atoms. The van der Waals surface area contributed by atoms with Gasteiger partial charge in [0.15, 0.2) is 0 Å². The molecule has 0 amide bonds. The van der Waals surface area contributed by atoms with Gasteiger partial charge in [-0.15, -0.1) is 0 Å². The lowest BCUT2D eigenvalue weighted by Crippen LogP contribution is -2.35. The molecule has 0 bridgehead atoms. The zero-order valence-corrected chi connectivity index (χ0v) is 12.1. The van der Waals surface area contributed by atoms with E-state index in [4.69, 9.17) is 4.74 Å². The normalized spacial score (nSPS) is 11.6. The number of hydrogen-bond acceptors (Lipinski definition) is 2. The molecule has 0 radical (unpaired) electrons. The molecule has 0 aliphatic rings. The Morgan fingerprint density at radius 1 is 1.35 bits per heavy atom. The molecule has 0 aromatic heterocycles. The Morgan fingerprint density at radius 3 is 2.65 bits per heavy atom. The van der Waals surface area contributed by atoms with Gasteiger partial charge in [-0.2, -0.15) is 0 Å². The first-order valence-electron chi connectivity index (χ1n) is 5.64. The minimum atomic E-state index is -0.467. The maximum atomic E-state index is 12.0. The van der Waals surface area contributed by atoms with Gasteiger partial charge >= 0.3 is 0 Å². The van der Waals surface area contributed by atoms with E-state index in [-0.39, 0.29) is 12.1 Å². The monoisotopic (exact) mass is 303 g/mol. The van der Waals surface area contributed by atoms with Crippen LogP contribution in [0.4, 0.5) is 4.39 Å². The molecule has 0 aliphatic carbocycles. The van der Waals surface area contributed by atoms with E-state index in [1.165, 1.54) is 0 Å². The zero-order chi connectivity index (χ0) is 12.9. The fourth-order valence-corrected chi connectivity index (χ4v) is 1.68. The maximum Gasteiger partial charge on any atom is 0.123 e. The molecule has 96 valence electrons. The molecule has 0 atom stereocenters. The van der Waals surface area contributed by atoms with Gasteiger partial charge in [0.1, 0.15) is 19.0 Å². The summed E-state index contributed by atoms with van der Waals surface area (Å²) in [7, 11) is 0. The highest BCUT2D eigenvalue weighted by Crippen LogP contribution is 2.23. The SMILES string of the molecule is CC(C)(C)NCc1cc(OCCF)ccc1Br. The van der Waals surface area contributed by atoms with Crippen LogP contribution in [0.25, 0.3) is 0 Å². The lowest BCUT2D eigenvalue weighted by atomic mass is 10.1. The topological polar surface area (TPSA) is 21.3 Å². The summed E-state index contributed by atoms with van der Waals surface area (Å²) in [6.45, 7) is 6.73. The Morgan fingerprint density at radius 2 is 2.06 bits per heavy atom. The number of nitrogens with one attached hydrogen (secondary N) is 1. The van der Waals surface area contributed by atoms with Crippen LogP contribution in [0.5, 0.6) is 5.75 Å². The van der Waals surface area contributed by atoms with Crippen molar-refractivity contribution in [1.29, 1.82) is 0 Å². The van der Waals surface area contributed by atoms with E-state index in [1.54, 1.807) is 0 Å². The summed E-state index contributed by atoms with van der Waals surface area (Å²) in [5.74, 6) is 0.705. The van der Waals surface area contributed by atoms with Gasteiger partial charge in [0, 0.05) is 16.6 Å². The largest absolute Gasteiger partial charge is 0.491 e. The van der Waals surface area contributed by atoms with Crippen molar-refractivity contribution in [2.75, 3.05) is 13.3 Å². The summed E-state index contributed by atoms with van der Waals surface area (Å²) in [6, 6.07) is 5.69. The van der Waals surface area contributed by atoms with Crippen LogP contribution in [0.15, 0.2) is 22.7 Å². The highest BCUT2D eigenvalue weighted by molar-refractivity contribution is 9.10. The standard InChI is InChI=1S/C13H19BrFNO/c1-13(2,3)16-9-10-8-11(17-7-6-15)4-5-12(10)14/h4-5,8,16H,6-7,9H2,1-3H3. The third-order valence-electron chi connectivity index (χ3n) is 2.17. The van der Waals surface area contributed by atoms with Crippen molar-refractivity contribution in [1.82, 2.24) is 5.32 Å². The van der Waals surface area contributed by atoms with Gasteiger partial charge in [0.2, 0.25) is 0 Å². The molecular formula is C13H19BrFNO. The number of halogens is 2. The highest BCUT2D eigenvalue weighted by Gasteiger charge is 2.10. The molecule has 0 saturated heterocycles. The molecular weight excluding hydrogens is 285 g/mol. The fourth-order valence-electron chi connectivity index (χ4n) is 1.29. The van der Waals surface area contributed by atoms with Crippen LogP contribution in [-0.2, 0) is 6.54 Å². The van der Waals surface area contributed by atoms with Gasteiger partial charge < -0.3 is 10.1 Å². The smallest absolute Gasteiger partial charge is 0.123 e. The van der Waals surface area contributed by atoms with Gasteiger partial charge in [0.25, 0.3) is 0 Å². The highest BCUT2D eigenvalue weighted by atomic mass is 79.9. The van der Waals surface area contributed by atoms with Crippen LogP contribution in [0, 0.1) is 0 Å². The quantitative estimate of drug-likeness (QED) is 0.896. The first-order valence-corrected chi connectivity index (χ1v) is 6.44. The Hall–Kier alpha value is -0.610. The maximum absolute atomic E-state index is 12.0. The van der Waals surface area contributed by atoms with E-state index >= 15 is 0 Å². The molecule has 0 unspecified atom stereocenters. The lowest BCUT2D eigenvalue weighted by molar-refractivity contribution is 0.273. The van der Waals surface area contributed by atoms with Crippen molar-refractivity contribution < 1.29 is 9.13 Å². The van der Waals surface area contributed by atoms with E-state index in [9.17, 15) is 4.39 Å². The minimum absolute atomic E-state index is 0.0647. The van der Waals surface area contributed by atoms with E-state index in [1.807, 2.05) is 18.2 Å². The van der Waals surface area contributed by atoms with Crippen molar-refractivity contribution >= 4 is 15.9 Å². The van der Waals surface area contributed by atoms with Gasteiger partial charge in [-0.05, 0) is 44.5 Å². The van der Waals surface area contributed by atoms with Crippen LogP contribution in [-0.4, -0.2) is 18.8 Å². The molecule has 2 nitrogen and oxygen atoms in total. The van der Waals surface area contributed by atoms with E-state index < -0.39 is 6.67 Å². The first-order chi connectivity index (χ1) is 7.92. The van der Waals surface area contributed by atoms with Gasteiger partial charge in [-0.3, -0.25) is 0 Å². The molecule has 0 heterocycles. The summed E-state index contributed by atoms with van der Waals surface area (Å²) in [4.78, 5) is 0. The first kappa shape index (κ1) is 14.5. The number of hydrogen-bond donors (Lipinski definition) is 1. The molecule has 0 saturated carbocycles. The Balaban J connectivity index is 2.69. The number of ether oxygens (including phenoxy) is 1. The van der Waals surface area contributed by atoms with E-state index in [2.05, 4.69) is 42.0 Å². The molecule has 17 heavy (non-hydrogen) atoms. The zero-order valence-electron chi connectivity index (χ0n) is 10.5. The molecule has 0 aliphatic heterocycles.